The second kappa shape index (κ2) is 1.58. The Morgan fingerprint density at radius 3 is 2.50 bits per heavy atom. The second-order valence-electron chi connectivity index (χ2n) is 1.86. The van der Waals surface area contributed by atoms with Crippen molar-refractivity contribution in [2.24, 2.45) is 11.1 Å². The second-order valence-corrected chi connectivity index (χ2v) is 1.86. The van der Waals surface area contributed by atoms with Crippen molar-refractivity contribution < 1.29 is 9.63 Å². The SMILES string of the molecule is CC1=NOC(=O)[C@H]1C. The van der Waals surface area contributed by atoms with Crippen LogP contribution in [0.5, 0.6) is 0 Å². The van der Waals surface area contributed by atoms with Gasteiger partial charge < -0.3 is 4.84 Å². The van der Waals surface area contributed by atoms with E-state index in [1.807, 2.05) is 0 Å². The summed E-state index contributed by atoms with van der Waals surface area (Å²) in [6, 6.07) is 0. The summed E-state index contributed by atoms with van der Waals surface area (Å²) < 4.78 is 0. The molecule has 0 aromatic rings. The van der Waals surface area contributed by atoms with E-state index in [-0.39, 0.29) is 11.9 Å². The maximum absolute atomic E-state index is 10.4. The number of oxime groups is 1. The highest BCUT2D eigenvalue weighted by molar-refractivity contribution is 6.03. The van der Waals surface area contributed by atoms with Gasteiger partial charge in [-0.25, -0.2) is 4.79 Å². The Morgan fingerprint density at radius 2 is 2.38 bits per heavy atom. The van der Waals surface area contributed by atoms with Crippen molar-refractivity contribution in [3.63, 3.8) is 0 Å². The van der Waals surface area contributed by atoms with Crippen LogP contribution in [0.15, 0.2) is 5.16 Å². The van der Waals surface area contributed by atoms with Gasteiger partial charge >= 0.3 is 5.97 Å². The molecule has 0 saturated heterocycles. The summed E-state index contributed by atoms with van der Waals surface area (Å²) in [4.78, 5) is 14.8. The fraction of sp³-hybridized carbons (Fsp3) is 0.600. The van der Waals surface area contributed by atoms with E-state index in [9.17, 15) is 4.79 Å². The molecule has 0 radical (unpaired) electrons. The minimum absolute atomic E-state index is 0.130. The molecule has 0 fully saturated rings. The largest absolute Gasteiger partial charge is 0.343 e. The van der Waals surface area contributed by atoms with Crippen LogP contribution in [0.3, 0.4) is 0 Å². The van der Waals surface area contributed by atoms with E-state index in [2.05, 4.69) is 9.99 Å². The molecule has 0 unspecified atom stereocenters. The fourth-order valence-corrected chi connectivity index (χ4v) is 0.446. The zero-order chi connectivity index (χ0) is 6.15. The highest BCUT2D eigenvalue weighted by Crippen LogP contribution is 2.09. The van der Waals surface area contributed by atoms with Gasteiger partial charge in [-0.3, -0.25) is 0 Å². The normalized spacial score (nSPS) is 27.5. The molecule has 1 rings (SSSR count). The number of nitrogens with zero attached hydrogens (tertiary/aromatic N) is 1. The first-order valence-corrected chi connectivity index (χ1v) is 2.47. The van der Waals surface area contributed by atoms with Crippen molar-refractivity contribution in [3.05, 3.63) is 0 Å². The van der Waals surface area contributed by atoms with Crippen molar-refractivity contribution in [2.45, 2.75) is 13.8 Å². The molecule has 0 bridgehead atoms. The average Bonchev–Trinajstić information content (AvgIpc) is 1.98. The fourth-order valence-electron chi connectivity index (χ4n) is 0.446. The van der Waals surface area contributed by atoms with Crippen LogP contribution in [-0.4, -0.2) is 11.7 Å². The topological polar surface area (TPSA) is 38.7 Å². The van der Waals surface area contributed by atoms with Crippen LogP contribution in [0, 0.1) is 5.92 Å². The van der Waals surface area contributed by atoms with E-state index in [0.717, 1.165) is 5.71 Å². The monoisotopic (exact) mass is 113 g/mol. The third-order valence-corrected chi connectivity index (χ3v) is 1.26. The van der Waals surface area contributed by atoms with Gasteiger partial charge in [-0.1, -0.05) is 5.16 Å². The molecule has 3 heteroatoms. The van der Waals surface area contributed by atoms with E-state index in [0.29, 0.717) is 0 Å². The molecular weight excluding hydrogens is 106 g/mol. The highest BCUT2D eigenvalue weighted by atomic mass is 16.7. The van der Waals surface area contributed by atoms with Crippen molar-refractivity contribution in [1.29, 1.82) is 0 Å². The van der Waals surface area contributed by atoms with Gasteiger partial charge in [0.05, 0.1) is 11.6 Å². The lowest BCUT2D eigenvalue weighted by molar-refractivity contribution is -0.142. The van der Waals surface area contributed by atoms with Crippen LogP contribution in [0.4, 0.5) is 0 Å². The van der Waals surface area contributed by atoms with Gasteiger partial charge in [-0.2, -0.15) is 0 Å². The van der Waals surface area contributed by atoms with Crippen LogP contribution < -0.4 is 0 Å². The summed E-state index contributed by atoms with van der Waals surface area (Å²) in [5, 5.41) is 3.47. The summed E-state index contributed by atoms with van der Waals surface area (Å²) in [5.41, 5.74) is 0.759. The van der Waals surface area contributed by atoms with Crippen molar-refractivity contribution in [3.8, 4) is 0 Å². The Bertz CT molecular complexity index is 151. The van der Waals surface area contributed by atoms with Gasteiger partial charge in [0.15, 0.2) is 0 Å². The van der Waals surface area contributed by atoms with E-state index in [1.165, 1.54) is 0 Å². The minimum Gasteiger partial charge on any atom is -0.318 e. The van der Waals surface area contributed by atoms with Gasteiger partial charge in [-0.05, 0) is 13.8 Å². The molecule has 1 aliphatic rings. The Kier molecular flexibility index (Phi) is 1.04. The van der Waals surface area contributed by atoms with Crippen LogP contribution in [-0.2, 0) is 9.63 Å². The first-order valence-electron chi connectivity index (χ1n) is 2.47. The molecule has 0 aromatic heterocycles. The highest BCUT2D eigenvalue weighted by Gasteiger charge is 2.23. The van der Waals surface area contributed by atoms with E-state index >= 15 is 0 Å². The average molecular weight is 113 g/mol. The smallest absolute Gasteiger partial charge is 0.318 e. The molecule has 0 N–H and O–H groups in total. The first-order chi connectivity index (χ1) is 3.72. The summed E-state index contributed by atoms with van der Waals surface area (Å²) in [6.45, 7) is 3.55. The summed E-state index contributed by atoms with van der Waals surface area (Å²) in [6.07, 6.45) is 0. The number of carbonyl (C=O) groups excluding carboxylic acids is 1. The molecule has 0 amide bonds. The molecule has 1 atom stereocenters. The Balaban J connectivity index is 2.72. The third-order valence-electron chi connectivity index (χ3n) is 1.26. The lowest BCUT2D eigenvalue weighted by Gasteiger charge is -1.90. The van der Waals surface area contributed by atoms with Crippen molar-refractivity contribution in [2.75, 3.05) is 0 Å². The molecule has 3 nitrogen and oxygen atoms in total. The minimum atomic E-state index is -0.248. The lowest BCUT2D eigenvalue weighted by atomic mass is 10.1. The van der Waals surface area contributed by atoms with Crippen molar-refractivity contribution >= 4 is 11.7 Å². The van der Waals surface area contributed by atoms with E-state index < -0.39 is 0 Å². The Morgan fingerprint density at radius 1 is 1.75 bits per heavy atom. The molecule has 0 aliphatic carbocycles. The van der Waals surface area contributed by atoms with Gasteiger partial charge in [0.2, 0.25) is 0 Å². The summed E-state index contributed by atoms with van der Waals surface area (Å²) in [5.74, 6) is -0.377. The number of carbonyl (C=O) groups is 1. The Hall–Kier alpha value is -0.860. The third kappa shape index (κ3) is 0.598. The molecule has 44 valence electrons. The predicted octanol–water partition coefficient (Wildman–Crippen LogP) is 0.555. The number of rotatable bonds is 0. The zero-order valence-electron chi connectivity index (χ0n) is 4.84. The maximum Gasteiger partial charge on any atom is 0.343 e. The maximum atomic E-state index is 10.4. The van der Waals surface area contributed by atoms with Crippen LogP contribution in [0.2, 0.25) is 0 Å². The molecule has 0 aromatic carbocycles. The Labute approximate surface area is 47.3 Å². The molecule has 8 heavy (non-hydrogen) atoms. The van der Waals surface area contributed by atoms with Crippen molar-refractivity contribution in [1.82, 2.24) is 0 Å². The van der Waals surface area contributed by atoms with Crippen LogP contribution in [0.1, 0.15) is 13.8 Å². The standard InChI is InChI=1S/C5H7NO2/c1-3-4(2)6-8-5(3)7/h3H,1-2H3/t3-/m0/s1. The van der Waals surface area contributed by atoms with Gasteiger partial charge in [0, 0.05) is 0 Å². The summed E-state index contributed by atoms with van der Waals surface area (Å²) >= 11 is 0. The van der Waals surface area contributed by atoms with Crippen LogP contribution >= 0.6 is 0 Å². The first kappa shape index (κ1) is 5.28. The van der Waals surface area contributed by atoms with E-state index in [4.69, 9.17) is 0 Å². The predicted molar refractivity (Wildman–Crippen MR) is 28.4 cm³/mol. The molecule has 0 saturated carbocycles. The molecule has 1 heterocycles. The quantitative estimate of drug-likeness (QED) is 0.430. The number of hydrogen-bond donors (Lipinski definition) is 0. The molecule has 0 spiro atoms. The molecular formula is C5H7NO2. The van der Waals surface area contributed by atoms with E-state index in [1.54, 1.807) is 13.8 Å². The van der Waals surface area contributed by atoms with Gasteiger partial charge in [0.25, 0.3) is 0 Å². The zero-order valence-corrected chi connectivity index (χ0v) is 4.84. The van der Waals surface area contributed by atoms with Gasteiger partial charge in [0.1, 0.15) is 0 Å². The van der Waals surface area contributed by atoms with Crippen LogP contribution in [0.25, 0.3) is 0 Å². The number of hydrogen-bond acceptors (Lipinski definition) is 3. The van der Waals surface area contributed by atoms with Gasteiger partial charge in [-0.15, -0.1) is 0 Å². The summed E-state index contributed by atoms with van der Waals surface area (Å²) in [7, 11) is 0. The molecule has 1 aliphatic heterocycles. The lowest BCUT2D eigenvalue weighted by Crippen LogP contribution is -2.10.